The normalized spacial score (nSPS) is 15.0. The Morgan fingerprint density at radius 2 is 0.670 bits per heavy atom. The molecular formula is C62H106N18O25S. The Hall–Kier alpha value is -9.92. The molecule has 0 aromatic heterocycles. The molecule has 0 unspecified atom stereocenters. The van der Waals surface area contributed by atoms with Gasteiger partial charge in [0.15, 0.2) is 0 Å². The molecule has 600 valence electrons. The van der Waals surface area contributed by atoms with Crippen LogP contribution in [0.3, 0.4) is 0 Å². The number of carbonyl (C=O) groups excluding carboxylic acids is 15. The Morgan fingerprint density at radius 1 is 0.349 bits per heavy atom. The van der Waals surface area contributed by atoms with Crippen LogP contribution < -0.4 is 97.4 Å². The number of nitrogens with one attached hydrogen (secondary N) is 14. The Bertz CT molecular complexity index is 3040. The fourth-order valence-corrected chi connectivity index (χ4v) is 9.77. The maximum absolute atomic E-state index is 13.9. The molecule has 0 aliphatic heterocycles. The Labute approximate surface area is 614 Å². The zero-order valence-electron chi connectivity index (χ0n) is 60.2. The lowest BCUT2D eigenvalue weighted by Gasteiger charge is -2.28. The van der Waals surface area contributed by atoms with Crippen LogP contribution in [0.25, 0.3) is 0 Å². The minimum Gasteiger partial charge on any atom is -0.481 e. The summed E-state index contributed by atoms with van der Waals surface area (Å²) in [5.41, 5.74) is 22.1. The summed E-state index contributed by atoms with van der Waals surface area (Å²) in [4.78, 5) is 246. The van der Waals surface area contributed by atoms with Crippen molar-refractivity contribution < 1.29 is 122 Å². The van der Waals surface area contributed by atoms with Gasteiger partial charge in [0.05, 0.1) is 19.8 Å². The van der Waals surface area contributed by atoms with E-state index in [1.54, 1.807) is 6.26 Å². The fourth-order valence-electron chi connectivity index (χ4n) is 9.30. The van der Waals surface area contributed by atoms with E-state index < -0.39 is 274 Å². The highest BCUT2D eigenvalue weighted by molar-refractivity contribution is 7.98. The predicted octanol–water partition coefficient (Wildman–Crippen LogP) is -9.59. The van der Waals surface area contributed by atoms with Gasteiger partial charge in [-0.15, -0.1) is 0 Å². The first kappa shape index (κ1) is 96.1. The number of thioether (sulfide) groups is 1. The third-order valence-electron chi connectivity index (χ3n) is 15.6. The molecular weight excluding hydrogens is 1430 g/mol. The quantitative estimate of drug-likeness (QED) is 0.0252. The number of carboxylic acid groups (broad SMARTS) is 4. The van der Waals surface area contributed by atoms with Gasteiger partial charge in [-0.3, -0.25) is 86.3 Å². The first-order valence-corrected chi connectivity index (χ1v) is 35.3. The molecule has 44 heteroatoms. The molecule has 28 N–H and O–H groups in total. The van der Waals surface area contributed by atoms with E-state index in [-0.39, 0.29) is 45.2 Å². The van der Waals surface area contributed by atoms with Crippen LogP contribution in [0.2, 0.25) is 0 Å². The second kappa shape index (κ2) is 51.3. The molecule has 106 heavy (non-hydrogen) atoms. The van der Waals surface area contributed by atoms with Gasteiger partial charge in [0.25, 0.3) is 0 Å². The summed E-state index contributed by atoms with van der Waals surface area (Å²) in [5, 5.41) is 89.4. The van der Waals surface area contributed by atoms with E-state index in [1.807, 2.05) is 0 Å². The number of hydrogen-bond donors (Lipinski definition) is 24. The SMILES string of the molecule is CSCC[C@H](NC(=O)[C@@H](N)CO)C(=O)N[C@@H](CCC(N)=O)C(=O)N[C@@H](C)C(=O)N[C@@H](CO)C(=O)N[C@H](C(=O)N[C@@H](CCC(=O)O)C(=O)N[C@@H](C)C(=O)N[C@@H](CCC(=O)O)C(=O)N[C@@H](C)C(=O)N[C@@H](CCCCN)C(=O)NCC(=O)N[C@@H](CCCCN)C(=O)N[C@@H](C)C(=O)N[C@@H](CCC(=O)O)C(=O)O)C(C)C. The number of carbonyl (C=O) groups is 19. The third kappa shape index (κ3) is 38.7. The van der Waals surface area contributed by atoms with Crippen molar-refractivity contribution >= 4 is 124 Å². The highest BCUT2D eigenvalue weighted by atomic mass is 32.2. The number of amides is 15. The van der Waals surface area contributed by atoms with E-state index in [2.05, 4.69) is 74.4 Å². The summed E-state index contributed by atoms with van der Waals surface area (Å²) in [6, 6.07) is -21.7. The molecule has 14 atom stereocenters. The number of aliphatic hydroxyl groups excluding tert-OH is 2. The van der Waals surface area contributed by atoms with Crippen LogP contribution in [-0.2, 0) is 91.1 Å². The van der Waals surface area contributed by atoms with Crippen LogP contribution in [0.1, 0.15) is 138 Å². The molecule has 43 nitrogen and oxygen atoms in total. The van der Waals surface area contributed by atoms with Crippen molar-refractivity contribution in [3.05, 3.63) is 0 Å². The lowest BCUT2D eigenvalue weighted by atomic mass is 10.0. The standard InChI is InChI=1S/C62H106N18O25S/c1-29(2)48(80-60(102)42(28-82)79-52(94)33(6)71-56(98)37(14-18-43(66)83)76-59(101)40(22-25-106-7)75-53(95)34(65)27-81)61(103)77-39(16-20-46(87)88)58(100)70-31(4)50(92)74-38(15-19-45(85)86)57(99)69-30(3)49(91)73-35(12-8-10-23-63)54(96)67-26-44(84)72-36(13-9-11-24-64)55(97)68-32(5)51(93)78-41(62(104)105)17-21-47(89)90/h29-42,48,81-82H,8-28,63-65H2,1-7H3,(H2,66,83)(H,67,96)(H,68,97)(H,69,99)(H,70,100)(H,71,98)(H,72,84)(H,73,91)(H,74,92)(H,75,95)(H,76,101)(H,77,103)(H,78,93)(H,79,94)(H,80,102)(H,85,86)(H,87,88)(H,89,90)(H,104,105)/t30-,31-,32-,33-,34-,35-,36-,37-,38-,39-,40-,41-,42-,48-/m0/s1. The second-order valence-corrected chi connectivity index (χ2v) is 25.9. The lowest BCUT2D eigenvalue weighted by Crippen LogP contribution is -2.61. The number of aliphatic hydroxyl groups is 2. The van der Waals surface area contributed by atoms with Gasteiger partial charge in [0.2, 0.25) is 88.6 Å². The maximum Gasteiger partial charge on any atom is 0.326 e. The summed E-state index contributed by atoms with van der Waals surface area (Å²) in [5.74, 6) is -21.7. The van der Waals surface area contributed by atoms with E-state index in [9.17, 15) is 117 Å². The van der Waals surface area contributed by atoms with Gasteiger partial charge < -0.3 is 128 Å². The molecule has 0 bridgehead atoms. The van der Waals surface area contributed by atoms with Crippen molar-refractivity contribution in [1.82, 2.24) is 74.4 Å². The minimum absolute atomic E-state index is 0.0224. The third-order valence-corrected chi connectivity index (χ3v) is 16.2. The molecule has 0 saturated carbocycles. The summed E-state index contributed by atoms with van der Waals surface area (Å²) in [7, 11) is 0. The van der Waals surface area contributed by atoms with E-state index in [1.165, 1.54) is 32.5 Å². The Morgan fingerprint density at radius 3 is 1.03 bits per heavy atom. The van der Waals surface area contributed by atoms with Crippen LogP contribution in [-0.4, -0.2) is 273 Å². The van der Waals surface area contributed by atoms with E-state index in [0.717, 1.165) is 20.8 Å². The largest absolute Gasteiger partial charge is 0.481 e. The number of nitrogens with two attached hydrogens (primary N) is 4. The molecule has 0 saturated heterocycles. The van der Waals surface area contributed by atoms with Gasteiger partial charge in [-0.1, -0.05) is 13.8 Å². The fraction of sp³-hybridized carbons (Fsp3) is 0.694. The molecule has 0 aliphatic rings. The molecule has 0 aromatic rings. The number of hydrogen-bond acceptors (Lipinski definition) is 25. The van der Waals surface area contributed by atoms with Crippen molar-refractivity contribution in [2.75, 3.05) is 44.9 Å². The first-order valence-electron chi connectivity index (χ1n) is 33.9. The van der Waals surface area contributed by atoms with Gasteiger partial charge in [-0.2, -0.15) is 11.8 Å². The van der Waals surface area contributed by atoms with Gasteiger partial charge in [0, 0.05) is 25.7 Å². The van der Waals surface area contributed by atoms with Crippen LogP contribution in [0.4, 0.5) is 0 Å². The van der Waals surface area contributed by atoms with Crippen molar-refractivity contribution in [3.63, 3.8) is 0 Å². The average molecular weight is 1540 g/mol. The summed E-state index contributed by atoms with van der Waals surface area (Å²) in [6.07, 6.45) is -1.76. The molecule has 0 aliphatic carbocycles. The summed E-state index contributed by atoms with van der Waals surface area (Å²) >= 11 is 1.31. The molecule has 0 radical (unpaired) electrons. The molecule has 0 spiro atoms. The number of aliphatic carboxylic acids is 4. The molecule has 0 heterocycles. The summed E-state index contributed by atoms with van der Waals surface area (Å²) < 4.78 is 0. The van der Waals surface area contributed by atoms with Gasteiger partial charge in [0.1, 0.15) is 84.6 Å². The van der Waals surface area contributed by atoms with Crippen molar-refractivity contribution in [2.45, 2.75) is 222 Å². The number of carboxylic acids is 4. The van der Waals surface area contributed by atoms with Crippen LogP contribution in [0.15, 0.2) is 0 Å². The Kier molecular flexibility index (Phi) is 46.5. The van der Waals surface area contributed by atoms with Crippen molar-refractivity contribution in [2.24, 2.45) is 28.9 Å². The zero-order valence-corrected chi connectivity index (χ0v) is 61.0. The number of rotatable bonds is 55. The molecule has 0 rings (SSSR count). The number of primary amides is 1. The van der Waals surface area contributed by atoms with Gasteiger partial charge in [-0.05, 0) is 129 Å². The summed E-state index contributed by atoms with van der Waals surface area (Å²) in [6.45, 7) is 5.15. The highest BCUT2D eigenvalue weighted by Crippen LogP contribution is 2.11. The van der Waals surface area contributed by atoms with Crippen LogP contribution in [0, 0.1) is 5.92 Å². The molecule has 15 amide bonds. The second-order valence-electron chi connectivity index (χ2n) is 24.9. The smallest absolute Gasteiger partial charge is 0.326 e. The van der Waals surface area contributed by atoms with Crippen molar-refractivity contribution in [1.29, 1.82) is 0 Å². The van der Waals surface area contributed by atoms with Gasteiger partial charge in [-0.25, -0.2) is 4.79 Å². The molecule has 0 aromatic carbocycles. The minimum atomic E-state index is -1.85. The first-order chi connectivity index (χ1) is 49.7. The maximum atomic E-state index is 13.9. The van der Waals surface area contributed by atoms with E-state index in [0.29, 0.717) is 18.6 Å². The van der Waals surface area contributed by atoms with Crippen LogP contribution >= 0.6 is 11.8 Å². The number of unbranched alkanes of at least 4 members (excludes halogenated alkanes) is 2. The van der Waals surface area contributed by atoms with E-state index in [4.69, 9.17) is 28.0 Å². The highest BCUT2D eigenvalue weighted by Gasteiger charge is 2.37. The monoisotopic (exact) mass is 1530 g/mol. The predicted molar refractivity (Wildman–Crippen MR) is 373 cm³/mol. The van der Waals surface area contributed by atoms with Crippen LogP contribution in [0.5, 0.6) is 0 Å². The van der Waals surface area contributed by atoms with E-state index >= 15 is 0 Å². The van der Waals surface area contributed by atoms with Gasteiger partial charge >= 0.3 is 23.9 Å². The average Bonchev–Trinajstić information content (AvgIpc) is 0.869. The Balaban J connectivity index is 6.34. The zero-order chi connectivity index (χ0) is 81.1. The topological polar surface area (TPSA) is 718 Å². The lowest BCUT2D eigenvalue weighted by molar-refractivity contribution is -0.143. The van der Waals surface area contributed by atoms with Crippen molar-refractivity contribution in [3.8, 4) is 0 Å². The molecule has 0 fully saturated rings.